The molecule has 20 heavy (non-hydrogen) atoms. The van der Waals surface area contributed by atoms with Crippen LogP contribution in [0, 0.1) is 11.7 Å². The lowest BCUT2D eigenvalue weighted by Gasteiger charge is -2.37. The standard InChI is InChI=1S/C17H27FN2/c1-4-16(19)17(13-5-7-14(18)8-6-13)20(11-12(2)3)15-9-10-15/h5-8,12,15-17H,4,9-11,19H2,1-3H3. The Labute approximate surface area is 122 Å². The van der Waals surface area contributed by atoms with Crippen LogP contribution in [0.4, 0.5) is 4.39 Å². The van der Waals surface area contributed by atoms with Gasteiger partial charge in [-0.3, -0.25) is 4.90 Å². The largest absolute Gasteiger partial charge is 0.326 e. The second-order valence-electron chi connectivity index (χ2n) is 6.39. The molecule has 0 saturated heterocycles. The predicted octanol–water partition coefficient (Wildman–Crippen LogP) is 3.72. The smallest absolute Gasteiger partial charge is 0.123 e. The van der Waals surface area contributed by atoms with Crippen molar-refractivity contribution in [2.75, 3.05) is 6.54 Å². The highest BCUT2D eigenvalue weighted by Gasteiger charge is 2.37. The minimum Gasteiger partial charge on any atom is -0.326 e. The maximum absolute atomic E-state index is 13.2. The lowest BCUT2D eigenvalue weighted by atomic mass is 9.95. The van der Waals surface area contributed by atoms with Crippen LogP contribution in [-0.4, -0.2) is 23.5 Å². The van der Waals surface area contributed by atoms with E-state index in [1.165, 1.54) is 12.8 Å². The Balaban J connectivity index is 2.27. The Kier molecular flexibility index (Phi) is 5.17. The van der Waals surface area contributed by atoms with Gasteiger partial charge in [-0.05, 0) is 42.9 Å². The minimum absolute atomic E-state index is 0.0970. The van der Waals surface area contributed by atoms with Crippen molar-refractivity contribution in [2.24, 2.45) is 11.7 Å². The van der Waals surface area contributed by atoms with E-state index in [1.54, 1.807) is 12.1 Å². The summed E-state index contributed by atoms with van der Waals surface area (Å²) in [5.41, 5.74) is 7.54. The summed E-state index contributed by atoms with van der Waals surface area (Å²) in [6.07, 6.45) is 3.46. The van der Waals surface area contributed by atoms with Gasteiger partial charge in [0.1, 0.15) is 5.82 Å². The number of rotatable bonds is 7. The summed E-state index contributed by atoms with van der Waals surface area (Å²) < 4.78 is 13.2. The van der Waals surface area contributed by atoms with Gasteiger partial charge < -0.3 is 5.73 Å². The molecule has 1 fully saturated rings. The molecule has 1 aliphatic carbocycles. The van der Waals surface area contributed by atoms with Gasteiger partial charge in [0.05, 0.1) is 6.04 Å². The molecule has 2 atom stereocenters. The first-order valence-corrected chi connectivity index (χ1v) is 7.79. The van der Waals surface area contributed by atoms with Crippen LogP contribution in [-0.2, 0) is 0 Å². The van der Waals surface area contributed by atoms with E-state index in [2.05, 4.69) is 25.7 Å². The Morgan fingerprint density at radius 1 is 1.25 bits per heavy atom. The van der Waals surface area contributed by atoms with Gasteiger partial charge in [-0.2, -0.15) is 0 Å². The Hall–Kier alpha value is -0.930. The lowest BCUT2D eigenvalue weighted by molar-refractivity contribution is 0.141. The second-order valence-corrected chi connectivity index (χ2v) is 6.39. The fraction of sp³-hybridized carbons (Fsp3) is 0.647. The molecule has 2 rings (SSSR count). The first kappa shape index (κ1) is 15.5. The van der Waals surface area contributed by atoms with E-state index in [-0.39, 0.29) is 17.9 Å². The minimum atomic E-state index is -0.181. The molecular weight excluding hydrogens is 251 g/mol. The third-order valence-electron chi connectivity index (χ3n) is 4.04. The molecule has 2 unspecified atom stereocenters. The van der Waals surface area contributed by atoms with Crippen molar-refractivity contribution in [1.82, 2.24) is 4.90 Å². The molecule has 1 saturated carbocycles. The molecule has 2 nitrogen and oxygen atoms in total. The molecule has 0 bridgehead atoms. The summed E-state index contributed by atoms with van der Waals surface area (Å²) >= 11 is 0. The highest BCUT2D eigenvalue weighted by atomic mass is 19.1. The number of nitrogens with zero attached hydrogens (tertiary/aromatic N) is 1. The molecule has 0 aromatic heterocycles. The summed E-state index contributed by atoms with van der Waals surface area (Å²) in [6.45, 7) is 7.67. The van der Waals surface area contributed by atoms with Crippen molar-refractivity contribution in [2.45, 2.75) is 58.2 Å². The molecule has 0 heterocycles. The van der Waals surface area contributed by atoms with Gasteiger partial charge in [0.2, 0.25) is 0 Å². The van der Waals surface area contributed by atoms with Gasteiger partial charge in [-0.25, -0.2) is 4.39 Å². The Morgan fingerprint density at radius 3 is 2.30 bits per heavy atom. The maximum Gasteiger partial charge on any atom is 0.123 e. The molecule has 0 aliphatic heterocycles. The van der Waals surface area contributed by atoms with Crippen LogP contribution in [0.1, 0.15) is 51.6 Å². The number of benzene rings is 1. The van der Waals surface area contributed by atoms with E-state index in [1.807, 2.05) is 12.1 Å². The molecule has 1 aromatic carbocycles. The van der Waals surface area contributed by atoms with Gasteiger partial charge in [0.25, 0.3) is 0 Å². The van der Waals surface area contributed by atoms with Crippen LogP contribution in [0.25, 0.3) is 0 Å². The highest BCUT2D eigenvalue weighted by Crippen LogP contribution is 2.37. The van der Waals surface area contributed by atoms with E-state index < -0.39 is 0 Å². The van der Waals surface area contributed by atoms with Gasteiger partial charge in [-0.15, -0.1) is 0 Å². The summed E-state index contributed by atoms with van der Waals surface area (Å²) in [5.74, 6) is 0.432. The topological polar surface area (TPSA) is 29.3 Å². The second kappa shape index (κ2) is 6.68. The van der Waals surface area contributed by atoms with Crippen LogP contribution in [0.3, 0.4) is 0 Å². The van der Waals surface area contributed by atoms with Gasteiger partial charge in [0, 0.05) is 18.6 Å². The lowest BCUT2D eigenvalue weighted by Crippen LogP contribution is -2.43. The van der Waals surface area contributed by atoms with Crippen molar-refractivity contribution in [3.8, 4) is 0 Å². The highest BCUT2D eigenvalue weighted by molar-refractivity contribution is 5.22. The zero-order valence-electron chi connectivity index (χ0n) is 12.8. The number of nitrogens with two attached hydrogens (primary N) is 1. The first-order valence-electron chi connectivity index (χ1n) is 7.79. The molecule has 112 valence electrons. The van der Waals surface area contributed by atoms with Crippen molar-refractivity contribution in [3.63, 3.8) is 0 Å². The fourth-order valence-electron chi connectivity index (χ4n) is 2.89. The molecule has 0 amide bonds. The van der Waals surface area contributed by atoms with Crippen LogP contribution in [0.5, 0.6) is 0 Å². The fourth-order valence-corrected chi connectivity index (χ4v) is 2.89. The van der Waals surface area contributed by atoms with Gasteiger partial charge in [-0.1, -0.05) is 32.9 Å². The van der Waals surface area contributed by atoms with E-state index in [0.29, 0.717) is 12.0 Å². The number of halogens is 1. The molecule has 1 aliphatic rings. The Morgan fingerprint density at radius 2 is 1.85 bits per heavy atom. The van der Waals surface area contributed by atoms with Crippen molar-refractivity contribution >= 4 is 0 Å². The summed E-state index contributed by atoms with van der Waals surface area (Å²) in [5, 5.41) is 0. The van der Waals surface area contributed by atoms with Crippen LogP contribution >= 0.6 is 0 Å². The van der Waals surface area contributed by atoms with E-state index in [4.69, 9.17) is 5.73 Å². The molecule has 0 spiro atoms. The normalized spacial score (nSPS) is 18.6. The van der Waals surface area contributed by atoms with Gasteiger partial charge in [0.15, 0.2) is 0 Å². The summed E-state index contributed by atoms with van der Waals surface area (Å²) in [7, 11) is 0. The molecule has 1 aromatic rings. The molecule has 2 N–H and O–H groups in total. The van der Waals surface area contributed by atoms with Crippen molar-refractivity contribution in [3.05, 3.63) is 35.6 Å². The maximum atomic E-state index is 13.2. The van der Waals surface area contributed by atoms with E-state index >= 15 is 0 Å². The average Bonchev–Trinajstić information content (AvgIpc) is 3.23. The van der Waals surface area contributed by atoms with Gasteiger partial charge >= 0.3 is 0 Å². The Bertz CT molecular complexity index is 412. The number of hydrogen-bond donors (Lipinski definition) is 1. The first-order chi connectivity index (χ1) is 9.52. The monoisotopic (exact) mass is 278 g/mol. The predicted molar refractivity (Wildman–Crippen MR) is 82.0 cm³/mol. The molecular formula is C17H27FN2. The zero-order valence-corrected chi connectivity index (χ0v) is 12.8. The summed E-state index contributed by atoms with van der Waals surface area (Å²) in [4.78, 5) is 2.55. The SMILES string of the molecule is CCC(N)C(c1ccc(F)cc1)N(CC(C)C)C1CC1. The summed E-state index contributed by atoms with van der Waals surface area (Å²) in [6, 6.07) is 7.84. The third-order valence-corrected chi connectivity index (χ3v) is 4.04. The third kappa shape index (κ3) is 3.80. The average molecular weight is 278 g/mol. The van der Waals surface area contributed by atoms with Crippen LogP contribution < -0.4 is 5.73 Å². The van der Waals surface area contributed by atoms with E-state index in [9.17, 15) is 4.39 Å². The van der Waals surface area contributed by atoms with E-state index in [0.717, 1.165) is 18.5 Å². The quantitative estimate of drug-likeness (QED) is 0.823. The van der Waals surface area contributed by atoms with Crippen molar-refractivity contribution in [1.29, 1.82) is 0 Å². The van der Waals surface area contributed by atoms with Crippen LogP contribution in [0.15, 0.2) is 24.3 Å². The van der Waals surface area contributed by atoms with Crippen molar-refractivity contribution < 1.29 is 4.39 Å². The van der Waals surface area contributed by atoms with Crippen LogP contribution in [0.2, 0.25) is 0 Å². The number of hydrogen-bond acceptors (Lipinski definition) is 2. The zero-order chi connectivity index (χ0) is 14.7. The molecule has 0 radical (unpaired) electrons. The molecule has 3 heteroatoms.